The third kappa shape index (κ3) is 3.50. The molecule has 0 aliphatic carbocycles. The van der Waals surface area contributed by atoms with Crippen LogP contribution >= 0.6 is 0 Å². The summed E-state index contributed by atoms with van der Waals surface area (Å²) in [6.45, 7) is 1.69. The zero-order valence-corrected chi connectivity index (χ0v) is 11.7. The van der Waals surface area contributed by atoms with Gasteiger partial charge in [0.2, 0.25) is 0 Å². The molecular weight excluding hydrogens is 289 g/mol. The maximum absolute atomic E-state index is 13.6. The molecule has 0 aromatic heterocycles. The first-order chi connectivity index (χ1) is 9.25. The Kier molecular flexibility index (Phi) is 5.14. The van der Waals surface area contributed by atoms with E-state index in [-0.39, 0.29) is 11.8 Å². The lowest BCUT2D eigenvalue weighted by Crippen LogP contribution is -2.33. The molecular formula is C11H14FN3O4S. The van der Waals surface area contributed by atoms with Crippen molar-refractivity contribution in [3.63, 3.8) is 0 Å². The van der Waals surface area contributed by atoms with Crippen molar-refractivity contribution >= 4 is 28.1 Å². The number of nitrogen functional groups attached to an aromatic ring is 1. The van der Waals surface area contributed by atoms with Gasteiger partial charge in [-0.25, -0.2) is 4.39 Å². The fraction of sp³-hybridized carbons (Fsp3) is 0.364. The number of nitrogens with one attached hydrogen (secondary N) is 1. The van der Waals surface area contributed by atoms with E-state index < -0.39 is 44.4 Å². The third-order valence-electron chi connectivity index (χ3n) is 2.71. The van der Waals surface area contributed by atoms with Crippen LogP contribution in [0.1, 0.15) is 17.3 Å². The van der Waals surface area contributed by atoms with Crippen molar-refractivity contribution < 1.29 is 18.3 Å². The second-order valence-corrected chi connectivity index (χ2v) is 5.93. The van der Waals surface area contributed by atoms with E-state index in [1.165, 1.54) is 6.26 Å². The molecule has 0 spiro atoms. The summed E-state index contributed by atoms with van der Waals surface area (Å²) < 4.78 is 24.7. The van der Waals surface area contributed by atoms with Gasteiger partial charge in [0, 0.05) is 34.9 Å². The van der Waals surface area contributed by atoms with Crippen LogP contribution in [0, 0.1) is 15.9 Å². The Morgan fingerprint density at radius 2 is 2.20 bits per heavy atom. The van der Waals surface area contributed by atoms with Crippen LogP contribution in [0.5, 0.6) is 0 Å². The Hall–Kier alpha value is -2.03. The van der Waals surface area contributed by atoms with Crippen LogP contribution in [-0.2, 0) is 10.8 Å². The van der Waals surface area contributed by atoms with Crippen molar-refractivity contribution in [2.45, 2.75) is 12.2 Å². The first-order valence-corrected chi connectivity index (χ1v) is 7.20. The van der Waals surface area contributed by atoms with Gasteiger partial charge in [0.15, 0.2) is 0 Å². The summed E-state index contributed by atoms with van der Waals surface area (Å²) in [5.41, 5.74) is 3.81. The molecule has 110 valence electrons. The molecule has 0 aliphatic heterocycles. The minimum Gasteiger partial charge on any atom is -0.392 e. The molecule has 0 aliphatic rings. The van der Waals surface area contributed by atoms with Crippen molar-refractivity contribution in [2.24, 2.45) is 0 Å². The number of anilines is 1. The van der Waals surface area contributed by atoms with Crippen LogP contribution in [0.4, 0.5) is 15.8 Å². The molecule has 0 radical (unpaired) electrons. The molecule has 1 aromatic carbocycles. The first-order valence-electron chi connectivity index (χ1n) is 5.58. The molecule has 2 unspecified atom stereocenters. The van der Waals surface area contributed by atoms with Gasteiger partial charge in [-0.05, 0) is 13.0 Å². The molecule has 1 aromatic rings. The van der Waals surface area contributed by atoms with Gasteiger partial charge in [0.05, 0.1) is 4.92 Å². The lowest BCUT2D eigenvalue weighted by Gasteiger charge is -2.11. The number of nitro benzene ring substituents is 1. The molecule has 0 bridgehead atoms. The van der Waals surface area contributed by atoms with Gasteiger partial charge in [-0.3, -0.25) is 19.1 Å². The fourth-order valence-corrected chi connectivity index (χ4v) is 1.73. The SMILES string of the molecule is CC(CNC(=O)c1c(F)ccc([N+](=O)[O-])c1N)S(C)=O. The highest BCUT2D eigenvalue weighted by atomic mass is 32.2. The highest BCUT2D eigenvalue weighted by Crippen LogP contribution is 2.27. The summed E-state index contributed by atoms with van der Waals surface area (Å²) in [5.74, 6) is -1.82. The fourth-order valence-electron chi connectivity index (χ4n) is 1.41. The number of benzene rings is 1. The van der Waals surface area contributed by atoms with Crippen LogP contribution < -0.4 is 11.1 Å². The van der Waals surface area contributed by atoms with Crippen molar-refractivity contribution in [3.05, 3.63) is 33.6 Å². The quantitative estimate of drug-likeness (QED) is 0.474. The molecule has 1 rings (SSSR count). The largest absolute Gasteiger partial charge is 0.392 e. The second-order valence-electron chi connectivity index (χ2n) is 4.13. The monoisotopic (exact) mass is 303 g/mol. The summed E-state index contributed by atoms with van der Waals surface area (Å²) in [6, 6.07) is 1.70. The van der Waals surface area contributed by atoms with E-state index >= 15 is 0 Å². The maximum atomic E-state index is 13.6. The predicted molar refractivity (Wildman–Crippen MR) is 73.3 cm³/mol. The van der Waals surface area contributed by atoms with Gasteiger partial charge in [-0.1, -0.05) is 0 Å². The minimum absolute atomic E-state index is 0.0452. The van der Waals surface area contributed by atoms with Crippen LogP contribution in [0.3, 0.4) is 0 Å². The van der Waals surface area contributed by atoms with E-state index in [1.54, 1.807) is 6.92 Å². The smallest absolute Gasteiger partial charge is 0.293 e. The topological polar surface area (TPSA) is 115 Å². The number of carbonyl (C=O) groups is 1. The van der Waals surface area contributed by atoms with E-state index in [2.05, 4.69) is 5.32 Å². The molecule has 0 saturated carbocycles. The number of amides is 1. The molecule has 0 saturated heterocycles. The van der Waals surface area contributed by atoms with E-state index in [9.17, 15) is 23.5 Å². The van der Waals surface area contributed by atoms with Gasteiger partial charge in [0.25, 0.3) is 11.6 Å². The number of rotatable bonds is 5. The molecule has 0 heterocycles. The predicted octanol–water partition coefficient (Wildman–Crippen LogP) is 0.813. The number of nitrogens with two attached hydrogens (primary N) is 1. The first kappa shape index (κ1) is 16.0. The Morgan fingerprint density at radius 3 is 2.70 bits per heavy atom. The molecule has 1 amide bonds. The highest BCUT2D eigenvalue weighted by molar-refractivity contribution is 7.84. The lowest BCUT2D eigenvalue weighted by molar-refractivity contribution is -0.384. The summed E-state index contributed by atoms with van der Waals surface area (Å²) >= 11 is 0. The Labute approximate surface area is 117 Å². The Bertz CT molecular complexity index is 579. The number of nitro groups is 1. The summed E-state index contributed by atoms with van der Waals surface area (Å²) in [5, 5.41) is 12.7. The maximum Gasteiger partial charge on any atom is 0.293 e. The van der Waals surface area contributed by atoms with Crippen molar-refractivity contribution in [1.29, 1.82) is 0 Å². The van der Waals surface area contributed by atoms with Crippen LogP contribution in [-0.4, -0.2) is 33.1 Å². The van der Waals surface area contributed by atoms with Gasteiger partial charge in [-0.2, -0.15) is 0 Å². The highest BCUT2D eigenvalue weighted by Gasteiger charge is 2.24. The van der Waals surface area contributed by atoms with E-state index in [0.29, 0.717) is 0 Å². The number of nitrogens with zero attached hydrogens (tertiary/aromatic N) is 1. The minimum atomic E-state index is -1.15. The summed E-state index contributed by atoms with van der Waals surface area (Å²) in [7, 11) is -1.15. The molecule has 3 N–H and O–H groups in total. The van der Waals surface area contributed by atoms with Crippen LogP contribution in [0.25, 0.3) is 0 Å². The molecule has 9 heteroatoms. The van der Waals surface area contributed by atoms with Gasteiger partial charge in [0.1, 0.15) is 17.1 Å². The third-order valence-corrected chi connectivity index (χ3v) is 4.01. The molecule has 2 atom stereocenters. The van der Waals surface area contributed by atoms with E-state index in [0.717, 1.165) is 12.1 Å². The van der Waals surface area contributed by atoms with E-state index in [4.69, 9.17) is 5.73 Å². The van der Waals surface area contributed by atoms with Crippen LogP contribution in [0.2, 0.25) is 0 Å². The van der Waals surface area contributed by atoms with Gasteiger partial charge >= 0.3 is 0 Å². The Morgan fingerprint density at radius 1 is 1.60 bits per heavy atom. The molecule has 20 heavy (non-hydrogen) atoms. The number of carbonyl (C=O) groups excluding carboxylic acids is 1. The molecule has 0 fully saturated rings. The number of halogens is 1. The number of hydrogen-bond acceptors (Lipinski definition) is 5. The zero-order chi connectivity index (χ0) is 15.4. The zero-order valence-electron chi connectivity index (χ0n) is 10.9. The average molecular weight is 303 g/mol. The van der Waals surface area contributed by atoms with Crippen molar-refractivity contribution in [3.8, 4) is 0 Å². The number of hydrogen-bond donors (Lipinski definition) is 2. The van der Waals surface area contributed by atoms with E-state index in [1.807, 2.05) is 0 Å². The average Bonchev–Trinajstić information content (AvgIpc) is 2.35. The standard InChI is InChI=1S/C11H14FN3O4S/c1-6(20(2)19)5-14-11(16)9-7(12)3-4-8(10(9)13)15(17)18/h3-4,6H,5,13H2,1-2H3,(H,14,16). The van der Waals surface area contributed by atoms with Crippen molar-refractivity contribution in [1.82, 2.24) is 5.32 Å². The van der Waals surface area contributed by atoms with Gasteiger partial charge < -0.3 is 11.1 Å². The Balaban J connectivity index is 3.01. The van der Waals surface area contributed by atoms with Crippen molar-refractivity contribution in [2.75, 3.05) is 18.5 Å². The normalized spacial score (nSPS) is 13.6. The van der Waals surface area contributed by atoms with Crippen LogP contribution in [0.15, 0.2) is 12.1 Å². The summed E-state index contributed by atoms with van der Waals surface area (Å²) in [4.78, 5) is 21.7. The lowest BCUT2D eigenvalue weighted by atomic mass is 10.1. The molecule has 7 nitrogen and oxygen atoms in total. The van der Waals surface area contributed by atoms with Gasteiger partial charge in [-0.15, -0.1) is 0 Å². The summed E-state index contributed by atoms with van der Waals surface area (Å²) in [6.07, 6.45) is 1.47. The second kappa shape index (κ2) is 6.42.